The van der Waals surface area contributed by atoms with Gasteiger partial charge in [0.15, 0.2) is 0 Å². The lowest BCUT2D eigenvalue weighted by molar-refractivity contribution is -0.113. The zero-order chi connectivity index (χ0) is 19.2. The highest BCUT2D eigenvalue weighted by Gasteiger charge is 2.13. The van der Waals surface area contributed by atoms with Crippen LogP contribution in [0.15, 0.2) is 51.3 Å². The molecule has 4 N–H and O–H groups in total. The number of carbonyl (C=O) groups excluding carboxylic acids is 1. The van der Waals surface area contributed by atoms with E-state index in [-0.39, 0.29) is 17.6 Å². The lowest BCUT2D eigenvalue weighted by Gasteiger charge is -2.07. The lowest BCUT2D eigenvalue weighted by Crippen LogP contribution is -2.17. The minimum absolute atomic E-state index is 0.0595. The predicted octanol–water partition coefficient (Wildman–Crippen LogP) is 3.07. The first-order valence-corrected chi connectivity index (χ1v) is 9.18. The molecule has 0 unspecified atom stereocenters. The van der Waals surface area contributed by atoms with Gasteiger partial charge < -0.3 is 15.6 Å². The monoisotopic (exact) mass is 425 g/mol. The molecule has 0 aliphatic rings. The molecule has 140 valence electrons. The number of nitrogens with two attached hydrogens (primary N) is 1. The standard InChI is InChI=1S/C15H13Cl2N7O2S/c16-9-3-4-12(11(17)6-9)20-13(25)8-27-15-23-22-14(24(15)18)21-19-7-10-2-1-5-26-10/h1-7H,8,18H2,(H,20,25)(H,21,22)/b19-7+. The number of hydrogen-bond acceptors (Lipinski definition) is 8. The molecule has 0 atom stereocenters. The summed E-state index contributed by atoms with van der Waals surface area (Å²) in [5.41, 5.74) is 3.11. The number of rotatable bonds is 7. The van der Waals surface area contributed by atoms with Crippen LogP contribution in [0.2, 0.25) is 10.0 Å². The molecule has 3 aromatic rings. The SMILES string of the molecule is Nn1c(N/N=C/c2ccco2)nnc1SCC(=O)Nc1ccc(Cl)cc1Cl. The van der Waals surface area contributed by atoms with Crippen molar-refractivity contribution in [1.29, 1.82) is 0 Å². The molecular formula is C15H13Cl2N7O2S. The molecule has 12 heteroatoms. The maximum Gasteiger partial charge on any atom is 0.264 e. The van der Waals surface area contributed by atoms with E-state index in [0.29, 0.717) is 26.6 Å². The third-order valence-electron chi connectivity index (χ3n) is 3.10. The quantitative estimate of drug-likeness (QED) is 0.230. The van der Waals surface area contributed by atoms with Gasteiger partial charge in [0, 0.05) is 5.02 Å². The second-order valence-electron chi connectivity index (χ2n) is 5.02. The number of hydrogen-bond donors (Lipinski definition) is 3. The van der Waals surface area contributed by atoms with Gasteiger partial charge >= 0.3 is 0 Å². The molecule has 0 saturated heterocycles. The second-order valence-corrected chi connectivity index (χ2v) is 6.81. The van der Waals surface area contributed by atoms with Crippen LogP contribution in [0.1, 0.15) is 5.76 Å². The van der Waals surface area contributed by atoms with E-state index in [1.54, 1.807) is 30.3 Å². The Balaban J connectivity index is 1.53. The summed E-state index contributed by atoms with van der Waals surface area (Å²) in [6, 6.07) is 8.28. The molecule has 2 heterocycles. The fourth-order valence-electron chi connectivity index (χ4n) is 1.88. The molecule has 1 aromatic carbocycles. The predicted molar refractivity (Wildman–Crippen MR) is 106 cm³/mol. The first kappa shape index (κ1) is 19.1. The van der Waals surface area contributed by atoms with Gasteiger partial charge in [-0.15, -0.1) is 10.2 Å². The van der Waals surface area contributed by atoms with Gasteiger partial charge in [0.05, 0.1) is 28.9 Å². The molecule has 2 aromatic heterocycles. The summed E-state index contributed by atoms with van der Waals surface area (Å²) in [5, 5.41) is 15.6. The molecule has 0 aliphatic heterocycles. The lowest BCUT2D eigenvalue weighted by atomic mass is 10.3. The summed E-state index contributed by atoms with van der Waals surface area (Å²) in [4.78, 5) is 12.1. The molecule has 0 bridgehead atoms. The molecule has 0 aliphatic carbocycles. The number of amides is 1. The van der Waals surface area contributed by atoms with Gasteiger partial charge in [0.2, 0.25) is 11.1 Å². The van der Waals surface area contributed by atoms with Crippen LogP contribution in [-0.4, -0.2) is 32.7 Å². The van der Waals surface area contributed by atoms with Crippen LogP contribution in [0.5, 0.6) is 0 Å². The minimum atomic E-state index is -0.280. The molecule has 9 nitrogen and oxygen atoms in total. The summed E-state index contributed by atoms with van der Waals surface area (Å²) < 4.78 is 6.29. The Morgan fingerprint density at radius 1 is 1.37 bits per heavy atom. The normalized spacial score (nSPS) is 11.0. The molecule has 1 amide bonds. The first-order valence-electron chi connectivity index (χ1n) is 7.43. The van der Waals surface area contributed by atoms with Crippen molar-refractivity contribution in [1.82, 2.24) is 14.9 Å². The van der Waals surface area contributed by atoms with E-state index < -0.39 is 0 Å². The van der Waals surface area contributed by atoms with Gasteiger partial charge in [-0.2, -0.15) is 5.10 Å². The summed E-state index contributed by atoms with van der Waals surface area (Å²) in [6.45, 7) is 0. The number of nitrogens with one attached hydrogen (secondary N) is 2. The number of benzene rings is 1. The van der Waals surface area contributed by atoms with E-state index in [9.17, 15) is 4.79 Å². The minimum Gasteiger partial charge on any atom is -0.463 e. The molecule has 3 rings (SSSR count). The molecule has 0 spiro atoms. The smallest absolute Gasteiger partial charge is 0.264 e. The highest BCUT2D eigenvalue weighted by Crippen LogP contribution is 2.26. The fourth-order valence-corrected chi connectivity index (χ4v) is 2.99. The maximum atomic E-state index is 12.1. The molecular weight excluding hydrogens is 413 g/mol. The summed E-state index contributed by atoms with van der Waals surface area (Å²) in [5.74, 6) is 6.44. The third kappa shape index (κ3) is 5.16. The van der Waals surface area contributed by atoms with E-state index in [2.05, 4.69) is 26.0 Å². The van der Waals surface area contributed by atoms with Crippen LogP contribution in [-0.2, 0) is 4.79 Å². The Morgan fingerprint density at radius 3 is 2.96 bits per heavy atom. The van der Waals surface area contributed by atoms with Gasteiger partial charge in [0.25, 0.3) is 5.95 Å². The number of halogens is 2. The first-order chi connectivity index (χ1) is 13.0. The fraction of sp³-hybridized carbons (Fsp3) is 0.0667. The maximum absolute atomic E-state index is 12.1. The van der Waals surface area contributed by atoms with Gasteiger partial charge in [-0.05, 0) is 30.3 Å². The van der Waals surface area contributed by atoms with Crippen LogP contribution in [0.3, 0.4) is 0 Å². The Morgan fingerprint density at radius 2 is 2.22 bits per heavy atom. The zero-order valence-electron chi connectivity index (χ0n) is 13.6. The summed E-state index contributed by atoms with van der Waals surface area (Å²) in [6.07, 6.45) is 2.99. The van der Waals surface area contributed by atoms with Gasteiger partial charge in [-0.3, -0.25) is 4.79 Å². The van der Waals surface area contributed by atoms with E-state index in [4.69, 9.17) is 33.5 Å². The van der Waals surface area contributed by atoms with Crippen molar-refractivity contribution in [2.24, 2.45) is 5.10 Å². The highest BCUT2D eigenvalue weighted by atomic mass is 35.5. The Labute approximate surface area is 167 Å². The highest BCUT2D eigenvalue weighted by molar-refractivity contribution is 7.99. The van der Waals surface area contributed by atoms with E-state index in [1.165, 1.54) is 17.2 Å². The van der Waals surface area contributed by atoms with Crippen molar-refractivity contribution >= 4 is 58.7 Å². The average molecular weight is 426 g/mol. The van der Waals surface area contributed by atoms with Crippen molar-refractivity contribution in [3.63, 3.8) is 0 Å². The Bertz CT molecular complexity index is 959. The summed E-state index contributed by atoms with van der Waals surface area (Å²) >= 11 is 13.0. The number of hydrazone groups is 1. The van der Waals surface area contributed by atoms with Gasteiger partial charge in [0.1, 0.15) is 5.76 Å². The summed E-state index contributed by atoms with van der Waals surface area (Å²) in [7, 11) is 0. The van der Waals surface area contributed by atoms with E-state index in [1.807, 2.05) is 0 Å². The molecule has 0 saturated carbocycles. The number of furan rings is 1. The van der Waals surface area contributed by atoms with Crippen LogP contribution >= 0.6 is 35.0 Å². The number of aromatic nitrogens is 3. The number of thioether (sulfide) groups is 1. The topological polar surface area (TPSA) is 123 Å². The second kappa shape index (κ2) is 8.80. The van der Waals surface area contributed by atoms with Crippen molar-refractivity contribution in [3.05, 3.63) is 52.4 Å². The van der Waals surface area contributed by atoms with Gasteiger partial charge in [-0.25, -0.2) is 10.1 Å². The number of carbonyl (C=O) groups is 1. The van der Waals surface area contributed by atoms with Crippen LogP contribution in [0.4, 0.5) is 11.6 Å². The molecule has 0 radical (unpaired) electrons. The van der Waals surface area contributed by atoms with Crippen molar-refractivity contribution in [2.75, 3.05) is 22.3 Å². The van der Waals surface area contributed by atoms with Crippen LogP contribution in [0.25, 0.3) is 0 Å². The average Bonchev–Trinajstić information content (AvgIpc) is 3.27. The van der Waals surface area contributed by atoms with Gasteiger partial charge in [-0.1, -0.05) is 35.0 Å². The van der Waals surface area contributed by atoms with Crippen LogP contribution < -0.4 is 16.6 Å². The number of nitrogens with zero attached hydrogens (tertiary/aromatic N) is 4. The van der Waals surface area contributed by atoms with Crippen molar-refractivity contribution in [3.8, 4) is 0 Å². The van der Waals surface area contributed by atoms with Crippen molar-refractivity contribution < 1.29 is 9.21 Å². The number of nitrogen functional groups attached to an aromatic ring is 1. The zero-order valence-corrected chi connectivity index (χ0v) is 15.9. The van der Waals surface area contributed by atoms with E-state index in [0.717, 1.165) is 11.8 Å². The Hall–Kier alpha value is -2.69. The molecule has 27 heavy (non-hydrogen) atoms. The third-order valence-corrected chi connectivity index (χ3v) is 4.59. The molecule has 0 fully saturated rings. The van der Waals surface area contributed by atoms with Crippen LogP contribution in [0, 0.1) is 0 Å². The van der Waals surface area contributed by atoms with Crippen molar-refractivity contribution in [2.45, 2.75) is 5.16 Å². The largest absolute Gasteiger partial charge is 0.463 e. The van der Waals surface area contributed by atoms with E-state index >= 15 is 0 Å². The number of anilines is 2. The Kier molecular flexibility index (Phi) is 6.22.